The lowest BCUT2D eigenvalue weighted by molar-refractivity contribution is -0.0363. The number of hydrogen-bond donors (Lipinski definition) is 0. The molecule has 0 aliphatic rings. The summed E-state index contributed by atoms with van der Waals surface area (Å²) in [5, 5.41) is 0. The second-order valence-corrected chi connectivity index (χ2v) is 4.79. The van der Waals surface area contributed by atoms with Crippen molar-refractivity contribution in [3.8, 4) is 0 Å². The lowest BCUT2D eigenvalue weighted by atomic mass is 10.1. The molecule has 0 atom stereocenters. The lowest BCUT2D eigenvalue weighted by Crippen LogP contribution is -2.28. The summed E-state index contributed by atoms with van der Waals surface area (Å²) in [5.74, 6) is -0.331. The SMILES string of the molecule is CCCc1ccc(C(=O)OC(COCC)COCC)cc1. The third-order valence-corrected chi connectivity index (χ3v) is 3.02. The molecule has 4 nitrogen and oxygen atoms in total. The van der Waals surface area contributed by atoms with Gasteiger partial charge in [0.1, 0.15) is 6.10 Å². The summed E-state index contributed by atoms with van der Waals surface area (Å²) in [6.45, 7) is 7.84. The third-order valence-electron chi connectivity index (χ3n) is 3.02. The Bertz CT molecular complexity index is 392. The molecule has 1 rings (SSSR count). The van der Waals surface area contributed by atoms with Crippen LogP contribution >= 0.6 is 0 Å². The van der Waals surface area contributed by atoms with Gasteiger partial charge in [-0.2, -0.15) is 0 Å². The zero-order valence-electron chi connectivity index (χ0n) is 13.3. The van der Waals surface area contributed by atoms with Gasteiger partial charge >= 0.3 is 5.97 Å². The zero-order valence-corrected chi connectivity index (χ0v) is 13.3. The van der Waals surface area contributed by atoms with Gasteiger partial charge in [-0.1, -0.05) is 25.5 Å². The standard InChI is InChI=1S/C17H26O4/c1-4-7-14-8-10-15(11-9-14)17(18)21-16(12-19-5-2)13-20-6-3/h8-11,16H,4-7,12-13H2,1-3H3. The van der Waals surface area contributed by atoms with Crippen molar-refractivity contribution in [2.24, 2.45) is 0 Å². The Morgan fingerprint density at radius 2 is 1.57 bits per heavy atom. The van der Waals surface area contributed by atoms with Gasteiger partial charge in [0.05, 0.1) is 18.8 Å². The van der Waals surface area contributed by atoms with Gasteiger partial charge in [-0.25, -0.2) is 4.79 Å². The van der Waals surface area contributed by atoms with E-state index in [1.54, 1.807) is 0 Å². The first kappa shape index (κ1) is 17.7. The molecule has 118 valence electrons. The molecule has 1 aromatic carbocycles. The maximum atomic E-state index is 12.1. The van der Waals surface area contributed by atoms with Crippen LogP contribution in [0.2, 0.25) is 0 Å². The summed E-state index contributed by atoms with van der Waals surface area (Å²) in [4.78, 5) is 12.1. The van der Waals surface area contributed by atoms with Crippen LogP contribution < -0.4 is 0 Å². The fraction of sp³-hybridized carbons (Fsp3) is 0.588. The molecule has 21 heavy (non-hydrogen) atoms. The van der Waals surface area contributed by atoms with Crippen LogP contribution in [0.15, 0.2) is 24.3 Å². The van der Waals surface area contributed by atoms with E-state index in [4.69, 9.17) is 14.2 Å². The molecule has 0 fully saturated rings. The van der Waals surface area contributed by atoms with Crippen LogP contribution in [-0.2, 0) is 20.6 Å². The van der Waals surface area contributed by atoms with Crippen LogP contribution in [0.4, 0.5) is 0 Å². The van der Waals surface area contributed by atoms with Crippen LogP contribution in [0.5, 0.6) is 0 Å². The quantitative estimate of drug-likeness (QED) is 0.621. The Hall–Kier alpha value is -1.39. The maximum Gasteiger partial charge on any atom is 0.338 e. The summed E-state index contributed by atoms with van der Waals surface area (Å²) in [6, 6.07) is 7.57. The van der Waals surface area contributed by atoms with E-state index < -0.39 is 0 Å². The molecule has 0 unspecified atom stereocenters. The van der Waals surface area contributed by atoms with E-state index in [0.29, 0.717) is 32.0 Å². The van der Waals surface area contributed by atoms with Gasteiger partial charge in [-0.05, 0) is 38.0 Å². The predicted molar refractivity (Wildman–Crippen MR) is 82.6 cm³/mol. The monoisotopic (exact) mass is 294 g/mol. The molecule has 0 saturated carbocycles. The highest BCUT2D eigenvalue weighted by Gasteiger charge is 2.16. The molecule has 0 amide bonds. The zero-order chi connectivity index (χ0) is 15.5. The average molecular weight is 294 g/mol. The Morgan fingerprint density at radius 1 is 1.00 bits per heavy atom. The van der Waals surface area contributed by atoms with Crippen molar-refractivity contribution < 1.29 is 19.0 Å². The van der Waals surface area contributed by atoms with Crippen LogP contribution in [-0.4, -0.2) is 38.5 Å². The molecule has 0 spiro atoms. The number of hydrogen-bond acceptors (Lipinski definition) is 4. The Kier molecular flexibility index (Phi) is 8.71. The van der Waals surface area contributed by atoms with Crippen LogP contribution in [0.3, 0.4) is 0 Å². The van der Waals surface area contributed by atoms with Crippen LogP contribution in [0.25, 0.3) is 0 Å². The summed E-state index contributed by atoms with van der Waals surface area (Å²) in [7, 11) is 0. The first-order valence-electron chi connectivity index (χ1n) is 7.66. The first-order valence-corrected chi connectivity index (χ1v) is 7.66. The fourth-order valence-corrected chi connectivity index (χ4v) is 1.93. The van der Waals surface area contributed by atoms with Gasteiger partial charge in [-0.15, -0.1) is 0 Å². The fourth-order valence-electron chi connectivity index (χ4n) is 1.93. The Morgan fingerprint density at radius 3 is 2.05 bits per heavy atom. The third kappa shape index (κ3) is 6.74. The van der Waals surface area contributed by atoms with E-state index in [2.05, 4.69) is 6.92 Å². The number of aryl methyl sites for hydroxylation is 1. The molecule has 0 N–H and O–H groups in total. The topological polar surface area (TPSA) is 44.8 Å². The van der Waals surface area contributed by atoms with Gasteiger partial charge in [-0.3, -0.25) is 0 Å². The Balaban J connectivity index is 2.58. The molecular formula is C17H26O4. The number of carbonyl (C=O) groups excluding carboxylic acids is 1. The number of rotatable bonds is 10. The van der Waals surface area contributed by atoms with Crippen molar-refractivity contribution in [3.63, 3.8) is 0 Å². The molecule has 0 radical (unpaired) electrons. The minimum absolute atomic E-state index is 0.331. The predicted octanol–water partition coefficient (Wildman–Crippen LogP) is 3.24. The Labute approximate surface area is 127 Å². The highest BCUT2D eigenvalue weighted by molar-refractivity contribution is 5.89. The van der Waals surface area contributed by atoms with Crippen molar-refractivity contribution in [2.75, 3.05) is 26.4 Å². The van der Waals surface area contributed by atoms with Gasteiger partial charge in [0.15, 0.2) is 0 Å². The average Bonchev–Trinajstić information content (AvgIpc) is 2.51. The molecule has 0 aliphatic heterocycles. The molecule has 0 aromatic heterocycles. The maximum absolute atomic E-state index is 12.1. The normalized spacial score (nSPS) is 10.9. The number of ether oxygens (including phenoxy) is 3. The van der Waals surface area contributed by atoms with Crippen molar-refractivity contribution in [1.29, 1.82) is 0 Å². The first-order chi connectivity index (χ1) is 10.2. The second-order valence-electron chi connectivity index (χ2n) is 4.79. The van der Waals surface area contributed by atoms with Crippen LogP contribution in [0.1, 0.15) is 43.1 Å². The summed E-state index contributed by atoms with van der Waals surface area (Å²) in [5.41, 5.74) is 1.79. The van der Waals surface area contributed by atoms with E-state index in [1.165, 1.54) is 5.56 Å². The van der Waals surface area contributed by atoms with Gasteiger partial charge in [0.2, 0.25) is 0 Å². The largest absolute Gasteiger partial charge is 0.454 e. The van der Waals surface area contributed by atoms with E-state index >= 15 is 0 Å². The molecular weight excluding hydrogens is 268 g/mol. The second kappa shape index (κ2) is 10.4. The van der Waals surface area contributed by atoms with Crippen molar-refractivity contribution >= 4 is 5.97 Å². The van der Waals surface area contributed by atoms with E-state index in [1.807, 2.05) is 38.1 Å². The molecule has 0 bridgehead atoms. The van der Waals surface area contributed by atoms with Gasteiger partial charge in [0.25, 0.3) is 0 Å². The molecule has 0 saturated heterocycles. The highest BCUT2D eigenvalue weighted by Crippen LogP contribution is 2.09. The minimum atomic E-state index is -0.368. The lowest BCUT2D eigenvalue weighted by Gasteiger charge is -2.17. The molecule has 0 heterocycles. The van der Waals surface area contributed by atoms with E-state index in [9.17, 15) is 4.79 Å². The van der Waals surface area contributed by atoms with Gasteiger partial charge in [0, 0.05) is 13.2 Å². The minimum Gasteiger partial charge on any atom is -0.454 e. The smallest absolute Gasteiger partial charge is 0.338 e. The van der Waals surface area contributed by atoms with Crippen molar-refractivity contribution in [2.45, 2.75) is 39.7 Å². The summed E-state index contributed by atoms with van der Waals surface area (Å²) in [6.07, 6.45) is 1.74. The van der Waals surface area contributed by atoms with Crippen LogP contribution in [0, 0.1) is 0 Å². The number of benzene rings is 1. The van der Waals surface area contributed by atoms with Gasteiger partial charge < -0.3 is 14.2 Å². The van der Waals surface area contributed by atoms with Crippen molar-refractivity contribution in [3.05, 3.63) is 35.4 Å². The molecule has 0 aliphatic carbocycles. The summed E-state index contributed by atoms with van der Waals surface area (Å²) >= 11 is 0. The van der Waals surface area contributed by atoms with Crippen molar-refractivity contribution in [1.82, 2.24) is 0 Å². The summed E-state index contributed by atoms with van der Waals surface area (Å²) < 4.78 is 16.1. The number of esters is 1. The number of carbonyl (C=O) groups is 1. The highest BCUT2D eigenvalue weighted by atomic mass is 16.6. The molecule has 4 heteroatoms. The van der Waals surface area contributed by atoms with E-state index in [0.717, 1.165) is 12.8 Å². The van der Waals surface area contributed by atoms with E-state index in [-0.39, 0.29) is 12.1 Å². The molecule has 1 aromatic rings.